The van der Waals surface area contributed by atoms with Crippen LogP contribution < -0.4 is 15.0 Å². The second-order valence-electron chi connectivity index (χ2n) is 6.55. The summed E-state index contributed by atoms with van der Waals surface area (Å²) in [5.41, 5.74) is 2.89. The molecule has 1 unspecified atom stereocenters. The van der Waals surface area contributed by atoms with E-state index in [-0.39, 0.29) is 18.4 Å². The first-order valence-electron chi connectivity index (χ1n) is 9.00. The highest BCUT2D eigenvalue weighted by molar-refractivity contribution is 5.97. The van der Waals surface area contributed by atoms with Crippen LogP contribution in [0.1, 0.15) is 12.0 Å². The number of para-hydroxylation sites is 3. The van der Waals surface area contributed by atoms with Gasteiger partial charge in [-0.2, -0.15) is 0 Å². The minimum Gasteiger partial charge on any atom is -0.477 e. The van der Waals surface area contributed by atoms with E-state index in [1.54, 1.807) is 18.0 Å². The number of carbonyl (C=O) groups is 2. The number of amides is 2. The molecule has 138 valence electrons. The quantitative estimate of drug-likeness (QED) is 0.748. The first-order chi connectivity index (χ1) is 13.2. The SMILES string of the molecule is CNC(=O)C1CN(C(=O)CCc2c[nH]c3ccccc23)c2ccccc2O1. The molecule has 4 rings (SSSR count). The van der Waals surface area contributed by atoms with Gasteiger partial charge in [0.15, 0.2) is 6.10 Å². The highest BCUT2D eigenvalue weighted by Crippen LogP contribution is 2.33. The fourth-order valence-corrected chi connectivity index (χ4v) is 3.48. The average Bonchev–Trinajstić information content (AvgIpc) is 3.13. The van der Waals surface area contributed by atoms with Crippen molar-refractivity contribution in [1.29, 1.82) is 0 Å². The minimum absolute atomic E-state index is 0.0232. The van der Waals surface area contributed by atoms with Gasteiger partial charge in [0, 0.05) is 30.6 Å². The predicted octanol–water partition coefficient (Wildman–Crippen LogP) is 2.64. The van der Waals surface area contributed by atoms with E-state index in [1.807, 2.05) is 42.6 Å². The van der Waals surface area contributed by atoms with Gasteiger partial charge in [-0.3, -0.25) is 9.59 Å². The summed E-state index contributed by atoms with van der Waals surface area (Å²) in [5, 5.41) is 3.73. The summed E-state index contributed by atoms with van der Waals surface area (Å²) in [5.74, 6) is 0.293. The summed E-state index contributed by atoms with van der Waals surface area (Å²) in [6.07, 6.45) is 2.24. The van der Waals surface area contributed by atoms with Crippen LogP contribution in [0.4, 0.5) is 5.69 Å². The van der Waals surface area contributed by atoms with Gasteiger partial charge in [0.25, 0.3) is 5.91 Å². The molecular formula is C21H21N3O3. The number of fused-ring (bicyclic) bond motifs is 2. The highest BCUT2D eigenvalue weighted by atomic mass is 16.5. The molecule has 0 aliphatic carbocycles. The summed E-state index contributed by atoms with van der Waals surface area (Å²) in [4.78, 5) is 29.9. The van der Waals surface area contributed by atoms with Gasteiger partial charge in [-0.25, -0.2) is 0 Å². The largest absolute Gasteiger partial charge is 0.477 e. The number of H-pyrrole nitrogens is 1. The first-order valence-corrected chi connectivity index (χ1v) is 9.00. The van der Waals surface area contributed by atoms with Crippen molar-refractivity contribution < 1.29 is 14.3 Å². The van der Waals surface area contributed by atoms with Crippen LogP contribution in [0.2, 0.25) is 0 Å². The Bertz CT molecular complexity index is 995. The first kappa shape index (κ1) is 17.1. The van der Waals surface area contributed by atoms with E-state index in [0.717, 1.165) is 16.5 Å². The smallest absolute Gasteiger partial charge is 0.262 e. The summed E-state index contributed by atoms with van der Waals surface area (Å²) in [6, 6.07) is 15.4. The van der Waals surface area contributed by atoms with E-state index in [9.17, 15) is 9.59 Å². The van der Waals surface area contributed by atoms with Crippen molar-refractivity contribution in [2.45, 2.75) is 18.9 Å². The fraction of sp³-hybridized carbons (Fsp3) is 0.238. The van der Waals surface area contributed by atoms with Gasteiger partial charge >= 0.3 is 0 Å². The van der Waals surface area contributed by atoms with E-state index in [2.05, 4.69) is 16.4 Å². The van der Waals surface area contributed by atoms with Crippen LogP contribution in [0.3, 0.4) is 0 Å². The second kappa shape index (κ2) is 7.15. The van der Waals surface area contributed by atoms with E-state index in [0.29, 0.717) is 24.3 Å². The van der Waals surface area contributed by atoms with E-state index in [4.69, 9.17) is 4.74 Å². The lowest BCUT2D eigenvalue weighted by Gasteiger charge is -2.34. The number of ether oxygens (including phenoxy) is 1. The average molecular weight is 363 g/mol. The number of hydrogen-bond donors (Lipinski definition) is 2. The van der Waals surface area contributed by atoms with Gasteiger partial charge in [-0.05, 0) is 30.2 Å². The van der Waals surface area contributed by atoms with Crippen LogP contribution in [0.25, 0.3) is 10.9 Å². The number of hydrogen-bond acceptors (Lipinski definition) is 3. The van der Waals surface area contributed by atoms with Gasteiger partial charge in [0.2, 0.25) is 5.91 Å². The molecule has 0 saturated heterocycles. The number of aromatic amines is 1. The Labute approximate surface area is 157 Å². The molecule has 1 aliphatic rings. The Morgan fingerprint density at radius 3 is 2.81 bits per heavy atom. The molecule has 2 aromatic carbocycles. The summed E-state index contributed by atoms with van der Waals surface area (Å²) in [7, 11) is 1.56. The van der Waals surface area contributed by atoms with Crippen molar-refractivity contribution >= 4 is 28.4 Å². The molecule has 2 heterocycles. The van der Waals surface area contributed by atoms with Crippen molar-refractivity contribution in [3.05, 3.63) is 60.3 Å². The molecule has 0 radical (unpaired) electrons. The summed E-state index contributed by atoms with van der Waals surface area (Å²) in [6.45, 7) is 0.212. The maximum Gasteiger partial charge on any atom is 0.262 e. The normalized spacial score (nSPS) is 15.9. The molecule has 6 heteroatoms. The summed E-state index contributed by atoms with van der Waals surface area (Å²) >= 11 is 0. The molecule has 0 fully saturated rings. The van der Waals surface area contributed by atoms with Crippen molar-refractivity contribution in [3.63, 3.8) is 0 Å². The van der Waals surface area contributed by atoms with Crippen molar-refractivity contribution in [1.82, 2.24) is 10.3 Å². The minimum atomic E-state index is -0.707. The molecule has 3 aromatic rings. The Hall–Kier alpha value is -3.28. The molecular weight excluding hydrogens is 342 g/mol. The Balaban J connectivity index is 1.54. The monoisotopic (exact) mass is 363 g/mol. The van der Waals surface area contributed by atoms with E-state index >= 15 is 0 Å². The van der Waals surface area contributed by atoms with Crippen molar-refractivity contribution in [2.75, 3.05) is 18.5 Å². The number of nitrogens with one attached hydrogen (secondary N) is 2. The highest BCUT2D eigenvalue weighted by Gasteiger charge is 2.33. The van der Waals surface area contributed by atoms with Gasteiger partial charge in [-0.1, -0.05) is 30.3 Å². The van der Waals surface area contributed by atoms with Crippen molar-refractivity contribution in [3.8, 4) is 5.75 Å². The van der Waals surface area contributed by atoms with Gasteiger partial charge in [0.1, 0.15) is 5.75 Å². The number of carbonyl (C=O) groups excluding carboxylic acids is 2. The third-order valence-electron chi connectivity index (χ3n) is 4.90. The zero-order valence-electron chi connectivity index (χ0n) is 15.1. The maximum atomic E-state index is 13.0. The van der Waals surface area contributed by atoms with Crippen molar-refractivity contribution in [2.24, 2.45) is 0 Å². The molecule has 1 aliphatic heterocycles. The Morgan fingerprint density at radius 2 is 1.96 bits per heavy atom. The number of rotatable bonds is 4. The zero-order valence-corrected chi connectivity index (χ0v) is 15.1. The number of anilines is 1. The number of aromatic nitrogens is 1. The van der Waals surface area contributed by atoms with Gasteiger partial charge < -0.3 is 19.9 Å². The van der Waals surface area contributed by atoms with Crippen LogP contribution >= 0.6 is 0 Å². The molecule has 6 nitrogen and oxygen atoms in total. The Morgan fingerprint density at radius 1 is 1.19 bits per heavy atom. The zero-order chi connectivity index (χ0) is 18.8. The topological polar surface area (TPSA) is 74.4 Å². The number of nitrogens with zero attached hydrogens (tertiary/aromatic N) is 1. The lowest BCUT2D eigenvalue weighted by molar-refractivity contribution is -0.127. The lowest BCUT2D eigenvalue weighted by Crippen LogP contribution is -2.50. The number of aryl methyl sites for hydroxylation is 1. The summed E-state index contributed by atoms with van der Waals surface area (Å²) < 4.78 is 5.76. The van der Waals surface area contributed by atoms with Crippen LogP contribution in [-0.2, 0) is 16.0 Å². The molecule has 2 amide bonds. The van der Waals surface area contributed by atoms with Crippen LogP contribution in [0, 0.1) is 0 Å². The molecule has 1 atom stereocenters. The van der Waals surface area contributed by atoms with Gasteiger partial charge in [-0.15, -0.1) is 0 Å². The predicted molar refractivity (Wildman–Crippen MR) is 104 cm³/mol. The molecule has 27 heavy (non-hydrogen) atoms. The van der Waals surface area contributed by atoms with Crippen LogP contribution in [0.15, 0.2) is 54.7 Å². The molecule has 0 saturated carbocycles. The van der Waals surface area contributed by atoms with E-state index in [1.165, 1.54) is 0 Å². The molecule has 0 spiro atoms. The lowest BCUT2D eigenvalue weighted by atomic mass is 10.1. The maximum absolute atomic E-state index is 13.0. The number of benzene rings is 2. The van der Waals surface area contributed by atoms with Crippen LogP contribution in [0.5, 0.6) is 5.75 Å². The van der Waals surface area contributed by atoms with Crippen LogP contribution in [-0.4, -0.2) is 36.5 Å². The Kier molecular flexibility index (Phi) is 4.54. The van der Waals surface area contributed by atoms with Gasteiger partial charge in [0.05, 0.1) is 12.2 Å². The third-order valence-corrected chi connectivity index (χ3v) is 4.90. The number of likely N-dealkylation sites (N-methyl/N-ethyl adjacent to an activating group) is 1. The second-order valence-corrected chi connectivity index (χ2v) is 6.55. The van der Waals surface area contributed by atoms with E-state index < -0.39 is 6.10 Å². The third kappa shape index (κ3) is 3.26. The molecule has 1 aromatic heterocycles. The molecule has 2 N–H and O–H groups in total. The molecule has 0 bridgehead atoms. The fourth-order valence-electron chi connectivity index (χ4n) is 3.48. The standard InChI is InChI=1S/C21H21N3O3/c1-22-21(26)19-13-24(17-8-4-5-9-18(17)27-19)20(25)11-10-14-12-23-16-7-3-2-6-15(14)16/h2-9,12,19,23H,10-11,13H2,1H3,(H,22,26).